The normalized spacial score (nSPS) is 11.7. The predicted octanol–water partition coefficient (Wildman–Crippen LogP) is 2.52. The van der Waals surface area contributed by atoms with Gasteiger partial charge in [0.1, 0.15) is 0 Å². The van der Waals surface area contributed by atoms with Gasteiger partial charge in [-0.25, -0.2) is 0 Å². The van der Waals surface area contributed by atoms with Gasteiger partial charge in [-0.15, -0.1) is 0 Å². The molecule has 0 spiro atoms. The molecule has 0 aliphatic carbocycles. The van der Waals surface area contributed by atoms with E-state index >= 15 is 0 Å². The van der Waals surface area contributed by atoms with Crippen molar-refractivity contribution in [3.05, 3.63) is 35.9 Å². The van der Waals surface area contributed by atoms with Gasteiger partial charge in [0, 0.05) is 12.0 Å². The number of amides is 2. The molecule has 0 saturated carbocycles. The van der Waals surface area contributed by atoms with Crippen LogP contribution in [-0.4, -0.2) is 11.8 Å². The van der Waals surface area contributed by atoms with Gasteiger partial charge >= 0.3 is 0 Å². The molecule has 100 valence electrons. The van der Waals surface area contributed by atoms with E-state index in [1.165, 1.54) is 0 Å². The first kappa shape index (κ1) is 14.9. The lowest BCUT2D eigenvalue weighted by Crippen LogP contribution is -2.31. The first-order valence-electron chi connectivity index (χ1n) is 6.31. The van der Waals surface area contributed by atoms with Crippen LogP contribution in [0.1, 0.15) is 37.0 Å². The summed E-state index contributed by atoms with van der Waals surface area (Å²) in [6, 6.07) is 10.6. The molecule has 0 unspecified atom stereocenters. The second-order valence-corrected chi connectivity index (χ2v) is 4.90. The number of hydrogen-bond acceptors (Lipinski definition) is 3. The minimum absolute atomic E-state index is 0.0628. The van der Waals surface area contributed by atoms with Crippen molar-refractivity contribution in [3.8, 4) is 6.07 Å². The SMILES string of the molecule is CC(C)C[C@@H](C#N)CC(=O)NC(=O)c1ccccc1. The quantitative estimate of drug-likeness (QED) is 0.882. The summed E-state index contributed by atoms with van der Waals surface area (Å²) in [7, 11) is 0. The Bertz CT molecular complexity index is 475. The molecule has 0 radical (unpaired) electrons. The van der Waals surface area contributed by atoms with Gasteiger partial charge in [0.2, 0.25) is 5.91 Å². The van der Waals surface area contributed by atoms with Crippen LogP contribution in [0.15, 0.2) is 30.3 Å². The first-order valence-corrected chi connectivity index (χ1v) is 6.31. The zero-order chi connectivity index (χ0) is 14.3. The number of carbonyl (C=O) groups excluding carboxylic acids is 2. The van der Waals surface area contributed by atoms with Crippen molar-refractivity contribution < 1.29 is 9.59 Å². The highest BCUT2D eigenvalue weighted by Gasteiger charge is 2.17. The molecule has 0 fully saturated rings. The van der Waals surface area contributed by atoms with E-state index in [2.05, 4.69) is 11.4 Å². The smallest absolute Gasteiger partial charge is 0.257 e. The summed E-state index contributed by atoms with van der Waals surface area (Å²) in [6.45, 7) is 3.99. The number of nitrogens with one attached hydrogen (secondary N) is 1. The maximum Gasteiger partial charge on any atom is 0.257 e. The molecule has 0 saturated heterocycles. The standard InChI is InChI=1S/C15H18N2O2/c1-11(2)8-12(10-16)9-14(18)17-15(19)13-6-4-3-5-7-13/h3-7,11-12H,8-9H2,1-2H3,(H,17,18,19)/t12-/m1/s1. The van der Waals surface area contributed by atoms with Crippen molar-refractivity contribution in [3.63, 3.8) is 0 Å². The topological polar surface area (TPSA) is 70.0 Å². The average Bonchev–Trinajstić information content (AvgIpc) is 2.38. The second-order valence-electron chi connectivity index (χ2n) is 4.90. The molecule has 19 heavy (non-hydrogen) atoms. The van der Waals surface area contributed by atoms with Crippen molar-refractivity contribution >= 4 is 11.8 Å². The van der Waals surface area contributed by atoms with Crippen LogP contribution >= 0.6 is 0 Å². The number of benzene rings is 1. The van der Waals surface area contributed by atoms with E-state index in [-0.39, 0.29) is 12.3 Å². The van der Waals surface area contributed by atoms with Gasteiger partial charge in [0.15, 0.2) is 0 Å². The number of nitrogens with zero attached hydrogens (tertiary/aromatic N) is 1. The molecule has 0 aromatic heterocycles. The third-order valence-corrected chi connectivity index (χ3v) is 2.66. The minimum atomic E-state index is -0.424. The summed E-state index contributed by atoms with van der Waals surface area (Å²) in [4.78, 5) is 23.4. The number of carbonyl (C=O) groups is 2. The van der Waals surface area contributed by atoms with Crippen LogP contribution in [0.3, 0.4) is 0 Å². The maximum atomic E-state index is 11.7. The average molecular weight is 258 g/mol. The molecule has 1 aromatic rings. The molecule has 4 nitrogen and oxygen atoms in total. The van der Waals surface area contributed by atoms with E-state index in [1.807, 2.05) is 13.8 Å². The van der Waals surface area contributed by atoms with E-state index in [0.29, 0.717) is 17.9 Å². The van der Waals surface area contributed by atoms with Gasteiger partial charge in [0.05, 0.1) is 12.0 Å². The van der Waals surface area contributed by atoms with Gasteiger partial charge < -0.3 is 0 Å². The molecule has 0 bridgehead atoms. The van der Waals surface area contributed by atoms with E-state index in [1.54, 1.807) is 30.3 Å². The van der Waals surface area contributed by atoms with Crippen LogP contribution < -0.4 is 5.32 Å². The van der Waals surface area contributed by atoms with E-state index in [4.69, 9.17) is 5.26 Å². The molecule has 0 heterocycles. The molecule has 0 aliphatic heterocycles. The third kappa shape index (κ3) is 5.35. The van der Waals surface area contributed by atoms with Crippen molar-refractivity contribution in [1.29, 1.82) is 5.26 Å². The molecule has 1 aromatic carbocycles. The largest absolute Gasteiger partial charge is 0.292 e. The van der Waals surface area contributed by atoms with E-state index in [0.717, 1.165) is 0 Å². The summed E-state index contributed by atoms with van der Waals surface area (Å²) >= 11 is 0. The van der Waals surface area contributed by atoms with Crippen molar-refractivity contribution in [2.45, 2.75) is 26.7 Å². The number of rotatable bonds is 5. The summed E-state index contributed by atoms with van der Waals surface area (Å²) in [5.41, 5.74) is 0.438. The Balaban J connectivity index is 2.52. The van der Waals surface area contributed by atoms with Gasteiger partial charge in [-0.2, -0.15) is 5.26 Å². The molecule has 1 rings (SSSR count). The highest BCUT2D eigenvalue weighted by Crippen LogP contribution is 2.14. The minimum Gasteiger partial charge on any atom is -0.292 e. The van der Waals surface area contributed by atoms with Crippen molar-refractivity contribution in [2.75, 3.05) is 0 Å². The van der Waals surface area contributed by atoms with Gasteiger partial charge in [-0.1, -0.05) is 32.0 Å². The van der Waals surface area contributed by atoms with Gasteiger partial charge in [-0.05, 0) is 24.5 Å². The fourth-order valence-electron chi connectivity index (χ4n) is 1.81. The van der Waals surface area contributed by atoms with Crippen LogP contribution in [0, 0.1) is 23.2 Å². The second kappa shape index (κ2) is 7.32. The summed E-state index contributed by atoms with van der Waals surface area (Å²) in [5.74, 6) is -0.821. The number of hydrogen-bond donors (Lipinski definition) is 1. The molecule has 1 atom stereocenters. The van der Waals surface area contributed by atoms with E-state index in [9.17, 15) is 9.59 Å². The van der Waals surface area contributed by atoms with Crippen LogP contribution in [0.25, 0.3) is 0 Å². The lowest BCUT2D eigenvalue weighted by atomic mass is 9.95. The number of nitriles is 1. The Morgan fingerprint density at radius 2 is 1.89 bits per heavy atom. The van der Waals surface area contributed by atoms with Gasteiger partial charge in [0.25, 0.3) is 5.91 Å². The Labute approximate surface area is 113 Å². The molecular formula is C15H18N2O2. The first-order chi connectivity index (χ1) is 9.02. The van der Waals surface area contributed by atoms with Crippen LogP contribution in [0.2, 0.25) is 0 Å². The predicted molar refractivity (Wildman–Crippen MR) is 72.1 cm³/mol. The summed E-state index contributed by atoms with van der Waals surface area (Å²) in [6.07, 6.45) is 0.719. The highest BCUT2D eigenvalue weighted by atomic mass is 16.2. The molecular weight excluding hydrogens is 240 g/mol. The Morgan fingerprint density at radius 1 is 1.26 bits per heavy atom. The third-order valence-electron chi connectivity index (χ3n) is 2.66. The summed E-state index contributed by atoms with van der Waals surface area (Å²) < 4.78 is 0. The zero-order valence-electron chi connectivity index (χ0n) is 11.2. The van der Waals surface area contributed by atoms with Crippen molar-refractivity contribution in [2.24, 2.45) is 11.8 Å². The van der Waals surface area contributed by atoms with Gasteiger partial charge in [-0.3, -0.25) is 14.9 Å². The lowest BCUT2D eigenvalue weighted by Gasteiger charge is -2.11. The van der Waals surface area contributed by atoms with E-state index < -0.39 is 11.8 Å². The van der Waals surface area contributed by atoms with Crippen LogP contribution in [-0.2, 0) is 4.79 Å². The molecule has 1 N–H and O–H groups in total. The molecule has 2 amide bonds. The zero-order valence-corrected chi connectivity index (χ0v) is 11.2. The fourth-order valence-corrected chi connectivity index (χ4v) is 1.81. The number of imide groups is 1. The molecule has 0 aliphatic rings. The Morgan fingerprint density at radius 3 is 2.42 bits per heavy atom. The summed E-state index contributed by atoms with van der Waals surface area (Å²) in [5, 5.41) is 11.3. The highest BCUT2D eigenvalue weighted by molar-refractivity contribution is 6.04. The lowest BCUT2D eigenvalue weighted by molar-refractivity contribution is -0.120. The maximum absolute atomic E-state index is 11.7. The van der Waals surface area contributed by atoms with Crippen LogP contribution in [0.5, 0.6) is 0 Å². The Hall–Kier alpha value is -2.15. The molecule has 4 heteroatoms. The Kier molecular flexibility index (Phi) is 5.74. The van der Waals surface area contributed by atoms with Crippen LogP contribution in [0.4, 0.5) is 0 Å². The van der Waals surface area contributed by atoms with Crippen molar-refractivity contribution in [1.82, 2.24) is 5.32 Å². The fraction of sp³-hybridized carbons (Fsp3) is 0.400. The monoisotopic (exact) mass is 258 g/mol.